The van der Waals surface area contributed by atoms with Crippen molar-refractivity contribution >= 4 is 55.3 Å². The lowest BCUT2D eigenvalue weighted by Gasteiger charge is -2.41. The lowest BCUT2D eigenvalue weighted by atomic mass is 9.73. The van der Waals surface area contributed by atoms with Gasteiger partial charge in [0.2, 0.25) is 11.8 Å². The third-order valence-corrected chi connectivity index (χ3v) is 11.9. The monoisotopic (exact) mass is 779 g/mol. The highest BCUT2D eigenvalue weighted by molar-refractivity contribution is 9.12. The number of carbonyl (C=O) groups is 2. The number of dihydropyridines is 1. The second-order valence-corrected chi connectivity index (χ2v) is 15.6. The Labute approximate surface area is 298 Å². The Hall–Kier alpha value is -2.88. The van der Waals surface area contributed by atoms with Gasteiger partial charge >= 0.3 is 0 Å². The van der Waals surface area contributed by atoms with Crippen LogP contribution in [0.25, 0.3) is 11.3 Å². The zero-order chi connectivity index (χ0) is 32.5. The van der Waals surface area contributed by atoms with Gasteiger partial charge in [0.05, 0.1) is 18.1 Å². The van der Waals surface area contributed by atoms with E-state index in [0.29, 0.717) is 37.3 Å². The Kier molecular flexibility index (Phi) is 9.94. The number of fused-ring (bicyclic) bond motifs is 2. The molecule has 2 fully saturated rings. The van der Waals surface area contributed by atoms with Crippen molar-refractivity contribution < 1.29 is 9.59 Å². The van der Waals surface area contributed by atoms with E-state index in [-0.39, 0.29) is 24.4 Å². The molecule has 246 valence electrons. The zero-order valence-electron chi connectivity index (χ0n) is 26.4. The number of nitrogens with one attached hydrogen (secondary N) is 1. The van der Waals surface area contributed by atoms with E-state index in [2.05, 4.69) is 65.4 Å². The van der Waals surface area contributed by atoms with Crippen LogP contribution < -0.4 is 5.32 Å². The predicted octanol–water partition coefficient (Wildman–Crippen LogP) is 7.70. The van der Waals surface area contributed by atoms with Crippen molar-refractivity contribution in [2.45, 2.75) is 63.5 Å². The number of aromatic nitrogens is 2. The maximum Gasteiger partial charge on any atom is 0.242 e. The largest absolute Gasteiger partial charge is 0.383 e. The van der Waals surface area contributed by atoms with Gasteiger partial charge in [0, 0.05) is 70.5 Å². The highest BCUT2D eigenvalue weighted by Crippen LogP contribution is 2.47. The number of hydrogen-bond donors (Lipinski definition) is 1. The topological polar surface area (TPSA) is 70.5 Å². The Balaban J connectivity index is 0.922. The molecule has 1 unspecified atom stereocenters. The molecule has 4 aliphatic rings. The number of allylic oxidation sites excluding steroid dienone is 2. The van der Waals surface area contributed by atoms with Crippen LogP contribution in [0.4, 0.5) is 0 Å². The van der Waals surface area contributed by atoms with Crippen LogP contribution in [0.1, 0.15) is 55.6 Å². The Morgan fingerprint density at radius 3 is 2.43 bits per heavy atom. The number of imidazole rings is 1. The number of amides is 2. The highest BCUT2D eigenvalue weighted by Gasteiger charge is 2.40. The van der Waals surface area contributed by atoms with Crippen LogP contribution in [0.3, 0.4) is 0 Å². The SMILES string of the molecule is O=C(CC1CCN(C(=O)Cn2cnc(-c3ccccc3)c2)CC1)N1CCC([C@@H]2c3c(Br)cc(Cl)cc3CCC3=CC(Br)=CNC32)CC1. The van der Waals surface area contributed by atoms with Crippen molar-refractivity contribution in [2.75, 3.05) is 26.2 Å². The number of carbonyl (C=O) groups excluding carboxylic acids is 2. The summed E-state index contributed by atoms with van der Waals surface area (Å²) in [5.74, 6) is 1.44. The van der Waals surface area contributed by atoms with Crippen LogP contribution >= 0.6 is 43.5 Å². The smallest absolute Gasteiger partial charge is 0.242 e. The van der Waals surface area contributed by atoms with Gasteiger partial charge in [0.15, 0.2) is 0 Å². The standard InChI is InChI=1S/C37H40Br2ClN5O2/c38-29-17-28-7-6-27-18-30(40)19-31(39)35(27)36(37(28)41-20-29)26-10-14-44(15-11-26)33(46)16-24-8-12-45(13-9-24)34(47)22-43-21-32(42-23-43)25-4-2-1-3-5-25/h1-5,17-21,23-24,26,36-37,41H,6-16,22H2/t36-,37?/m1/s1. The van der Waals surface area contributed by atoms with Crippen LogP contribution in [0.2, 0.25) is 5.02 Å². The molecule has 3 aromatic rings. The first kappa shape index (κ1) is 32.7. The molecule has 2 amide bonds. The number of rotatable bonds is 6. The minimum Gasteiger partial charge on any atom is -0.383 e. The fourth-order valence-electron chi connectivity index (χ4n) is 8.05. The molecule has 2 aromatic carbocycles. The van der Waals surface area contributed by atoms with Gasteiger partial charge in [-0.2, -0.15) is 0 Å². The van der Waals surface area contributed by atoms with Gasteiger partial charge in [-0.3, -0.25) is 9.59 Å². The number of likely N-dealkylation sites (tertiary alicyclic amines) is 2. The van der Waals surface area contributed by atoms with E-state index >= 15 is 0 Å². The van der Waals surface area contributed by atoms with Gasteiger partial charge in [-0.25, -0.2) is 4.98 Å². The highest BCUT2D eigenvalue weighted by atomic mass is 79.9. The lowest BCUT2D eigenvalue weighted by Crippen LogP contribution is -2.45. The van der Waals surface area contributed by atoms with E-state index in [4.69, 9.17) is 11.6 Å². The van der Waals surface area contributed by atoms with Crippen LogP contribution in [0, 0.1) is 11.8 Å². The number of hydrogen-bond acceptors (Lipinski definition) is 4. The molecular formula is C37H40Br2ClN5O2. The third-order valence-electron chi connectivity index (χ3n) is 10.5. The van der Waals surface area contributed by atoms with Crippen LogP contribution in [-0.4, -0.2) is 63.4 Å². The molecule has 4 heterocycles. The average molecular weight is 782 g/mol. The summed E-state index contributed by atoms with van der Waals surface area (Å²) in [6, 6.07) is 14.4. The van der Waals surface area contributed by atoms with E-state index in [1.165, 1.54) is 16.7 Å². The van der Waals surface area contributed by atoms with E-state index in [9.17, 15) is 9.59 Å². The van der Waals surface area contributed by atoms with Crippen molar-refractivity contribution in [1.82, 2.24) is 24.7 Å². The molecule has 1 aromatic heterocycles. The summed E-state index contributed by atoms with van der Waals surface area (Å²) in [6.07, 6.45) is 14.3. The summed E-state index contributed by atoms with van der Waals surface area (Å²) in [5, 5.41) is 4.49. The number of nitrogens with zero attached hydrogens (tertiary/aromatic N) is 4. The van der Waals surface area contributed by atoms with Gasteiger partial charge < -0.3 is 19.7 Å². The van der Waals surface area contributed by atoms with Crippen molar-refractivity contribution in [3.05, 3.63) is 97.9 Å². The first-order valence-corrected chi connectivity index (χ1v) is 18.7. The first-order chi connectivity index (χ1) is 22.8. The van der Waals surface area contributed by atoms with Crippen molar-refractivity contribution in [2.24, 2.45) is 11.8 Å². The number of piperidine rings is 2. The van der Waals surface area contributed by atoms with Crippen molar-refractivity contribution in [3.8, 4) is 11.3 Å². The Morgan fingerprint density at radius 1 is 0.936 bits per heavy atom. The molecule has 7 rings (SSSR count). The quantitative estimate of drug-likeness (QED) is 0.279. The molecule has 2 atom stereocenters. The summed E-state index contributed by atoms with van der Waals surface area (Å²) >= 11 is 14.1. The van der Waals surface area contributed by atoms with Gasteiger partial charge in [0.1, 0.15) is 6.54 Å². The minimum atomic E-state index is 0.108. The molecule has 3 aliphatic heterocycles. The fraction of sp³-hybridized carbons (Fsp3) is 0.432. The molecule has 1 aliphatic carbocycles. The number of benzene rings is 2. The third kappa shape index (κ3) is 7.27. The molecule has 1 N–H and O–H groups in total. The summed E-state index contributed by atoms with van der Waals surface area (Å²) in [4.78, 5) is 35.1. The maximum atomic E-state index is 13.5. The van der Waals surface area contributed by atoms with Crippen LogP contribution in [-0.2, 0) is 22.6 Å². The van der Waals surface area contributed by atoms with E-state index in [1.54, 1.807) is 6.33 Å². The molecule has 47 heavy (non-hydrogen) atoms. The maximum absolute atomic E-state index is 13.5. The summed E-state index contributed by atoms with van der Waals surface area (Å²) in [7, 11) is 0. The zero-order valence-corrected chi connectivity index (χ0v) is 30.3. The molecular weight excluding hydrogens is 742 g/mol. The number of aryl methyl sites for hydroxylation is 1. The summed E-state index contributed by atoms with van der Waals surface area (Å²) < 4.78 is 4.03. The fourth-order valence-corrected chi connectivity index (χ4v) is 9.61. The number of halogens is 3. The first-order valence-electron chi connectivity index (χ1n) is 16.7. The van der Waals surface area contributed by atoms with Crippen molar-refractivity contribution in [3.63, 3.8) is 0 Å². The molecule has 0 bridgehead atoms. The van der Waals surface area contributed by atoms with Crippen LogP contribution in [0.5, 0.6) is 0 Å². The molecule has 7 nitrogen and oxygen atoms in total. The molecule has 10 heteroatoms. The van der Waals surface area contributed by atoms with E-state index in [0.717, 1.165) is 76.8 Å². The normalized spacial score (nSPS) is 22.0. The van der Waals surface area contributed by atoms with Gasteiger partial charge in [-0.1, -0.05) is 57.9 Å². The second-order valence-electron chi connectivity index (χ2n) is 13.4. The van der Waals surface area contributed by atoms with Crippen LogP contribution in [0.15, 0.2) is 81.8 Å². The second kappa shape index (κ2) is 14.3. The Morgan fingerprint density at radius 2 is 1.66 bits per heavy atom. The van der Waals surface area contributed by atoms with Gasteiger partial charge in [0.25, 0.3) is 0 Å². The Bertz CT molecular complexity index is 1690. The summed E-state index contributed by atoms with van der Waals surface area (Å²) in [5.41, 5.74) is 6.04. The van der Waals surface area contributed by atoms with E-state index in [1.807, 2.05) is 52.1 Å². The minimum absolute atomic E-state index is 0.108. The molecule has 0 saturated carbocycles. The van der Waals surface area contributed by atoms with Gasteiger partial charge in [-0.05, 0) is 101 Å². The van der Waals surface area contributed by atoms with Crippen molar-refractivity contribution in [1.29, 1.82) is 0 Å². The average Bonchev–Trinajstić information content (AvgIpc) is 3.48. The molecule has 2 saturated heterocycles. The van der Waals surface area contributed by atoms with Gasteiger partial charge in [-0.15, -0.1) is 0 Å². The molecule has 0 spiro atoms. The lowest BCUT2D eigenvalue weighted by molar-refractivity contribution is -0.135. The molecule has 0 radical (unpaired) electrons. The summed E-state index contributed by atoms with van der Waals surface area (Å²) in [6.45, 7) is 3.27. The van der Waals surface area contributed by atoms with E-state index < -0.39 is 0 Å². The predicted molar refractivity (Wildman–Crippen MR) is 193 cm³/mol.